The maximum Gasteiger partial charge on any atom is 0.143 e. The molecule has 1 heterocycles. The highest BCUT2D eigenvalue weighted by atomic mass is 16.3. The number of aromatic hydroxyl groups is 2. The molecule has 3 aromatic rings. The van der Waals surface area contributed by atoms with E-state index in [1.54, 1.807) is 24.3 Å². The van der Waals surface area contributed by atoms with Crippen molar-refractivity contribution < 1.29 is 10.2 Å². The first-order valence-corrected chi connectivity index (χ1v) is 8.86. The highest BCUT2D eigenvalue weighted by molar-refractivity contribution is 5.93. The average Bonchev–Trinajstić information content (AvgIpc) is 2.60. The molecule has 26 heavy (non-hydrogen) atoms. The molecule has 3 rings (SSSR count). The summed E-state index contributed by atoms with van der Waals surface area (Å²) in [6.07, 6.45) is 6.10. The fourth-order valence-corrected chi connectivity index (χ4v) is 3.02. The Bertz CT molecular complexity index is 1010. The van der Waals surface area contributed by atoms with Crippen molar-refractivity contribution in [2.24, 2.45) is 0 Å². The summed E-state index contributed by atoms with van der Waals surface area (Å²) in [6.45, 7) is 8.13. The highest BCUT2D eigenvalue weighted by Gasteiger charge is 2.11. The summed E-state index contributed by atoms with van der Waals surface area (Å²) >= 11 is 0. The second-order valence-electron chi connectivity index (χ2n) is 6.87. The van der Waals surface area contributed by atoms with Gasteiger partial charge in [-0.3, -0.25) is 0 Å². The minimum atomic E-state index is 0.0951. The van der Waals surface area contributed by atoms with Gasteiger partial charge in [0.2, 0.25) is 0 Å². The number of allylic oxidation sites excluding steroid dienone is 3. The van der Waals surface area contributed by atoms with E-state index in [2.05, 4.69) is 36.5 Å². The van der Waals surface area contributed by atoms with E-state index in [9.17, 15) is 10.2 Å². The Labute approximate surface area is 153 Å². The number of phenolic OH excluding ortho intramolecular Hbond substituents is 2. The summed E-state index contributed by atoms with van der Waals surface area (Å²) in [5.41, 5.74) is 5.63. The van der Waals surface area contributed by atoms with Crippen LogP contribution in [0.1, 0.15) is 38.7 Å². The fourth-order valence-electron chi connectivity index (χ4n) is 3.02. The standard InChI is InChI=1S/C22H24N2O2/c1-14(2)6-4-7-15(3)10-11-16-12-13-19(26)22-20(16)24-21-17(23-22)8-5-9-18(21)25/h5,8-10,12-13,25-26H,1,4,6-7,11H2,2-3H3/b15-10+. The van der Waals surface area contributed by atoms with E-state index in [1.807, 2.05) is 6.07 Å². The number of benzene rings is 2. The molecule has 0 spiro atoms. The van der Waals surface area contributed by atoms with Crippen LogP contribution in [0.3, 0.4) is 0 Å². The van der Waals surface area contributed by atoms with Crippen molar-refractivity contribution in [3.05, 3.63) is 59.7 Å². The largest absolute Gasteiger partial charge is 0.506 e. The quantitative estimate of drug-likeness (QED) is 0.460. The summed E-state index contributed by atoms with van der Waals surface area (Å²) in [7, 11) is 0. The van der Waals surface area contributed by atoms with Gasteiger partial charge < -0.3 is 10.2 Å². The molecule has 0 aliphatic rings. The van der Waals surface area contributed by atoms with Crippen molar-refractivity contribution in [2.75, 3.05) is 0 Å². The molecule has 0 atom stereocenters. The van der Waals surface area contributed by atoms with Crippen molar-refractivity contribution in [2.45, 2.75) is 39.5 Å². The van der Waals surface area contributed by atoms with Gasteiger partial charge in [-0.05, 0) is 63.3 Å². The summed E-state index contributed by atoms with van der Waals surface area (Å²) < 4.78 is 0. The van der Waals surface area contributed by atoms with Gasteiger partial charge in [-0.2, -0.15) is 0 Å². The fraction of sp³-hybridized carbons (Fsp3) is 0.273. The van der Waals surface area contributed by atoms with Gasteiger partial charge in [-0.1, -0.05) is 29.4 Å². The summed E-state index contributed by atoms with van der Waals surface area (Å²) in [5, 5.41) is 20.2. The molecule has 0 amide bonds. The molecular formula is C22H24N2O2. The van der Waals surface area contributed by atoms with Crippen LogP contribution in [0.5, 0.6) is 11.5 Å². The number of phenols is 2. The normalized spacial score (nSPS) is 12.0. The molecule has 1 aromatic heterocycles. The first-order valence-electron chi connectivity index (χ1n) is 8.86. The van der Waals surface area contributed by atoms with Crippen molar-refractivity contribution in [1.82, 2.24) is 9.97 Å². The van der Waals surface area contributed by atoms with Crippen molar-refractivity contribution >= 4 is 22.1 Å². The smallest absolute Gasteiger partial charge is 0.143 e. The van der Waals surface area contributed by atoms with Crippen LogP contribution in [0.4, 0.5) is 0 Å². The zero-order valence-electron chi connectivity index (χ0n) is 15.3. The van der Waals surface area contributed by atoms with Gasteiger partial charge in [-0.25, -0.2) is 9.97 Å². The van der Waals surface area contributed by atoms with E-state index in [0.29, 0.717) is 28.5 Å². The summed E-state index contributed by atoms with van der Waals surface area (Å²) in [4.78, 5) is 9.08. The monoisotopic (exact) mass is 348 g/mol. The molecule has 0 saturated carbocycles. The molecule has 0 saturated heterocycles. The number of hydrogen-bond acceptors (Lipinski definition) is 4. The lowest BCUT2D eigenvalue weighted by atomic mass is 10.0. The number of fused-ring (bicyclic) bond motifs is 2. The Hall–Kier alpha value is -2.88. The van der Waals surface area contributed by atoms with Crippen molar-refractivity contribution in [1.29, 1.82) is 0 Å². The molecule has 0 aliphatic heterocycles. The molecule has 0 aliphatic carbocycles. The van der Waals surface area contributed by atoms with Gasteiger partial charge in [0.15, 0.2) is 0 Å². The van der Waals surface area contributed by atoms with E-state index in [4.69, 9.17) is 0 Å². The third kappa shape index (κ3) is 3.85. The number of nitrogens with zero attached hydrogens (tertiary/aromatic N) is 2. The predicted octanol–water partition coefficient (Wildman–Crippen LogP) is 5.43. The molecule has 4 heteroatoms. The van der Waals surface area contributed by atoms with Crippen LogP contribution in [0.2, 0.25) is 0 Å². The summed E-state index contributed by atoms with van der Waals surface area (Å²) in [5.74, 6) is 0.196. The van der Waals surface area contributed by atoms with Gasteiger partial charge >= 0.3 is 0 Å². The molecule has 0 radical (unpaired) electrons. The lowest BCUT2D eigenvalue weighted by Gasteiger charge is -2.08. The minimum Gasteiger partial charge on any atom is -0.506 e. The van der Waals surface area contributed by atoms with Crippen LogP contribution in [0, 0.1) is 0 Å². The predicted molar refractivity (Wildman–Crippen MR) is 106 cm³/mol. The van der Waals surface area contributed by atoms with Crippen LogP contribution in [0.15, 0.2) is 54.1 Å². The van der Waals surface area contributed by atoms with Gasteiger partial charge in [0.05, 0.1) is 11.0 Å². The maximum absolute atomic E-state index is 10.2. The highest BCUT2D eigenvalue weighted by Crippen LogP contribution is 2.30. The summed E-state index contributed by atoms with van der Waals surface area (Å²) in [6, 6.07) is 8.62. The van der Waals surface area contributed by atoms with Crippen LogP contribution in [-0.4, -0.2) is 20.2 Å². The SMILES string of the molecule is C=C(C)CCC/C(C)=C/Cc1ccc(O)c2nc3cccc(O)c3nc12. The molecular weight excluding hydrogens is 324 g/mol. The van der Waals surface area contributed by atoms with Crippen LogP contribution in [0.25, 0.3) is 22.1 Å². The van der Waals surface area contributed by atoms with Crippen LogP contribution < -0.4 is 0 Å². The molecule has 2 aromatic carbocycles. The zero-order valence-corrected chi connectivity index (χ0v) is 15.3. The van der Waals surface area contributed by atoms with E-state index >= 15 is 0 Å². The zero-order chi connectivity index (χ0) is 18.7. The molecule has 4 nitrogen and oxygen atoms in total. The van der Waals surface area contributed by atoms with Crippen molar-refractivity contribution in [3.8, 4) is 11.5 Å². The number of para-hydroxylation sites is 1. The topological polar surface area (TPSA) is 66.2 Å². The first kappa shape index (κ1) is 17.9. The Morgan fingerprint density at radius 2 is 1.73 bits per heavy atom. The maximum atomic E-state index is 10.2. The van der Waals surface area contributed by atoms with Gasteiger partial charge in [0, 0.05) is 0 Å². The third-order valence-electron chi connectivity index (χ3n) is 4.51. The number of hydrogen-bond donors (Lipinski definition) is 2. The van der Waals surface area contributed by atoms with E-state index in [0.717, 1.165) is 24.8 Å². The lowest BCUT2D eigenvalue weighted by molar-refractivity contribution is 0.478. The van der Waals surface area contributed by atoms with E-state index < -0.39 is 0 Å². The van der Waals surface area contributed by atoms with Gasteiger partial charge in [-0.15, -0.1) is 6.58 Å². The van der Waals surface area contributed by atoms with Crippen LogP contribution >= 0.6 is 0 Å². The Morgan fingerprint density at radius 1 is 0.962 bits per heavy atom. The molecule has 2 N–H and O–H groups in total. The van der Waals surface area contributed by atoms with Crippen molar-refractivity contribution in [3.63, 3.8) is 0 Å². The number of aromatic nitrogens is 2. The number of rotatable bonds is 6. The lowest BCUT2D eigenvalue weighted by Crippen LogP contribution is -1.94. The molecule has 134 valence electrons. The van der Waals surface area contributed by atoms with E-state index in [-0.39, 0.29) is 11.5 Å². The van der Waals surface area contributed by atoms with Crippen LogP contribution in [-0.2, 0) is 6.42 Å². The Kier molecular flexibility index (Phi) is 5.21. The van der Waals surface area contributed by atoms with Gasteiger partial charge in [0.1, 0.15) is 22.5 Å². The second-order valence-corrected chi connectivity index (χ2v) is 6.87. The molecule has 0 fully saturated rings. The second kappa shape index (κ2) is 7.56. The Balaban J connectivity index is 1.94. The molecule has 0 unspecified atom stereocenters. The Morgan fingerprint density at radius 3 is 2.50 bits per heavy atom. The van der Waals surface area contributed by atoms with Gasteiger partial charge in [0.25, 0.3) is 0 Å². The first-order chi connectivity index (χ1) is 12.5. The molecule has 0 bridgehead atoms. The minimum absolute atomic E-state index is 0.0951. The van der Waals surface area contributed by atoms with E-state index in [1.165, 1.54) is 11.1 Å². The third-order valence-corrected chi connectivity index (χ3v) is 4.51. The average molecular weight is 348 g/mol.